The summed E-state index contributed by atoms with van der Waals surface area (Å²) in [4.78, 5) is 0. The van der Waals surface area contributed by atoms with E-state index in [1.54, 1.807) is 19.2 Å². The Balaban J connectivity index is 1.61. The van der Waals surface area contributed by atoms with E-state index in [4.69, 9.17) is 14.6 Å². The van der Waals surface area contributed by atoms with Crippen LogP contribution in [0.1, 0.15) is 40.9 Å². The van der Waals surface area contributed by atoms with Crippen molar-refractivity contribution in [3.8, 4) is 17.2 Å². The molecule has 2 atom stereocenters. The van der Waals surface area contributed by atoms with Crippen molar-refractivity contribution >= 4 is 5.71 Å². The molecule has 0 radical (unpaired) electrons. The number of hydrogen-bond donors (Lipinski definition) is 1. The third-order valence-corrected chi connectivity index (χ3v) is 5.54. The molecule has 3 aromatic carbocycles. The second kappa shape index (κ2) is 6.85. The summed E-state index contributed by atoms with van der Waals surface area (Å²) in [5.74, 6) is 1.77. The van der Waals surface area contributed by atoms with Crippen molar-refractivity contribution in [2.75, 3.05) is 7.11 Å². The van der Waals surface area contributed by atoms with Gasteiger partial charge in [0.25, 0.3) is 0 Å². The van der Waals surface area contributed by atoms with Gasteiger partial charge >= 0.3 is 0 Å². The first-order valence-corrected chi connectivity index (χ1v) is 9.69. The van der Waals surface area contributed by atoms with Crippen LogP contribution in [0.25, 0.3) is 0 Å². The molecule has 0 saturated carbocycles. The molecule has 29 heavy (non-hydrogen) atoms. The van der Waals surface area contributed by atoms with Gasteiger partial charge in [0.05, 0.1) is 18.9 Å². The van der Waals surface area contributed by atoms with Crippen LogP contribution in [0.15, 0.2) is 71.8 Å². The first-order valence-electron chi connectivity index (χ1n) is 9.69. The number of phenols is 1. The molecule has 146 valence electrons. The normalized spacial score (nSPS) is 19.8. The predicted molar refractivity (Wildman–Crippen MR) is 111 cm³/mol. The monoisotopic (exact) mass is 386 g/mol. The molecule has 2 aliphatic rings. The summed E-state index contributed by atoms with van der Waals surface area (Å²) in [6, 6.07) is 21.7. The van der Waals surface area contributed by atoms with Crippen molar-refractivity contribution in [1.82, 2.24) is 5.01 Å². The van der Waals surface area contributed by atoms with Crippen molar-refractivity contribution in [2.24, 2.45) is 5.10 Å². The van der Waals surface area contributed by atoms with Gasteiger partial charge in [-0.05, 0) is 31.2 Å². The van der Waals surface area contributed by atoms with Crippen LogP contribution in [0, 0.1) is 6.92 Å². The van der Waals surface area contributed by atoms with Crippen LogP contribution >= 0.6 is 0 Å². The van der Waals surface area contributed by atoms with E-state index in [2.05, 4.69) is 31.2 Å². The average Bonchev–Trinajstić information content (AvgIpc) is 3.19. The number of para-hydroxylation sites is 1. The summed E-state index contributed by atoms with van der Waals surface area (Å²) in [6.07, 6.45) is 0.365. The third kappa shape index (κ3) is 2.99. The summed E-state index contributed by atoms with van der Waals surface area (Å²) in [6.45, 7) is 2.07. The molecule has 0 saturated heterocycles. The molecular formula is C24H22N2O3. The predicted octanol–water partition coefficient (Wildman–Crippen LogP) is 4.95. The zero-order valence-corrected chi connectivity index (χ0v) is 16.4. The van der Waals surface area contributed by atoms with Gasteiger partial charge in [-0.3, -0.25) is 0 Å². The molecule has 5 heteroatoms. The number of phenolic OH excluding ortho intramolecular Hbond substituents is 1. The topological polar surface area (TPSA) is 54.3 Å². The number of fused-ring (bicyclic) bond motifs is 3. The number of hydrazone groups is 1. The maximum Gasteiger partial charge on any atom is 0.213 e. The highest BCUT2D eigenvalue weighted by molar-refractivity contribution is 6.04. The quantitative estimate of drug-likeness (QED) is 0.692. The van der Waals surface area contributed by atoms with E-state index in [-0.39, 0.29) is 18.0 Å². The van der Waals surface area contributed by atoms with Gasteiger partial charge in [-0.15, -0.1) is 0 Å². The number of methoxy groups -OCH3 is 1. The van der Waals surface area contributed by atoms with Crippen LogP contribution in [-0.4, -0.2) is 22.9 Å². The molecule has 5 nitrogen and oxygen atoms in total. The Morgan fingerprint density at radius 1 is 1.07 bits per heavy atom. The number of nitrogens with zero attached hydrogens (tertiary/aromatic N) is 2. The summed E-state index contributed by atoms with van der Waals surface area (Å²) in [7, 11) is 1.62. The minimum absolute atomic E-state index is 0.0473. The zero-order chi connectivity index (χ0) is 20.0. The first kappa shape index (κ1) is 17.6. The fraction of sp³-hybridized carbons (Fsp3) is 0.208. The summed E-state index contributed by atoms with van der Waals surface area (Å²) >= 11 is 0. The van der Waals surface area contributed by atoms with Crippen LogP contribution in [0.2, 0.25) is 0 Å². The molecule has 0 amide bonds. The SMILES string of the molecule is COc1ccc(O)c(C2=NN3[C@H](C2)c2ccccc2O[C@H]3c2cccc(C)c2)c1. The van der Waals surface area contributed by atoms with E-state index < -0.39 is 0 Å². The van der Waals surface area contributed by atoms with E-state index in [0.29, 0.717) is 17.7 Å². The van der Waals surface area contributed by atoms with E-state index in [1.807, 2.05) is 35.3 Å². The Kier molecular flexibility index (Phi) is 4.16. The second-order valence-electron chi connectivity index (χ2n) is 7.45. The lowest BCUT2D eigenvalue weighted by atomic mass is 9.95. The summed E-state index contributed by atoms with van der Waals surface area (Å²) in [5.41, 5.74) is 4.86. The zero-order valence-electron chi connectivity index (χ0n) is 16.4. The minimum Gasteiger partial charge on any atom is -0.507 e. The largest absolute Gasteiger partial charge is 0.507 e. The van der Waals surface area contributed by atoms with Crippen molar-refractivity contribution < 1.29 is 14.6 Å². The van der Waals surface area contributed by atoms with Gasteiger partial charge in [0.15, 0.2) is 0 Å². The van der Waals surface area contributed by atoms with Crippen LogP contribution in [0.4, 0.5) is 0 Å². The van der Waals surface area contributed by atoms with E-state index in [0.717, 1.165) is 22.6 Å². The molecule has 2 heterocycles. The molecule has 5 rings (SSSR count). The highest BCUT2D eigenvalue weighted by Gasteiger charge is 2.41. The van der Waals surface area contributed by atoms with Crippen molar-refractivity contribution in [1.29, 1.82) is 0 Å². The van der Waals surface area contributed by atoms with Gasteiger partial charge in [-0.25, -0.2) is 5.01 Å². The van der Waals surface area contributed by atoms with Gasteiger partial charge in [0.2, 0.25) is 6.23 Å². The van der Waals surface area contributed by atoms with Crippen LogP contribution < -0.4 is 9.47 Å². The van der Waals surface area contributed by atoms with Crippen LogP contribution in [0.3, 0.4) is 0 Å². The average molecular weight is 386 g/mol. The summed E-state index contributed by atoms with van der Waals surface area (Å²) < 4.78 is 11.7. The Hall–Kier alpha value is -3.47. The molecule has 3 aromatic rings. The third-order valence-electron chi connectivity index (χ3n) is 5.54. The number of benzene rings is 3. The number of ether oxygens (including phenoxy) is 2. The van der Waals surface area contributed by atoms with Gasteiger partial charge in [-0.1, -0.05) is 48.0 Å². The van der Waals surface area contributed by atoms with Gasteiger partial charge in [0.1, 0.15) is 17.2 Å². The Morgan fingerprint density at radius 2 is 1.93 bits per heavy atom. The van der Waals surface area contributed by atoms with Crippen molar-refractivity contribution in [3.63, 3.8) is 0 Å². The summed E-state index contributed by atoms with van der Waals surface area (Å²) in [5, 5.41) is 17.4. The fourth-order valence-corrected chi connectivity index (χ4v) is 4.11. The van der Waals surface area contributed by atoms with Crippen molar-refractivity contribution in [3.05, 3.63) is 89.0 Å². The van der Waals surface area contributed by atoms with Gasteiger partial charge in [-0.2, -0.15) is 5.10 Å². The lowest BCUT2D eigenvalue weighted by Gasteiger charge is -2.38. The minimum atomic E-state index is -0.319. The number of aromatic hydroxyl groups is 1. The fourth-order valence-electron chi connectivity index (χ4n) is 4.11. The maximum atomic E-state index is 10.5. The molecule has 0 aromatic heterocycles. The molecular weight excluding hydrogens is 364 g/mol. The lowest BCUT2D eigenvalue weighted by Crippen LogP contribution is -2.33. The Labute approximate surface area is 169 Å². The first-order chi connectivity index (χ1) is 14.1. The molecule has 0 aliphatic carbocycles. The Morgan fingerprint density at radius 3 is 2.76 bits per heavy atom. The molecule has 0 bridgehead atoms. The molecule has 0 fully saturated rings. The molecule has 0 spiro atoms. The lowest BCUT2D eigenvalue weighted by molar-refractivity contribution is -0.0190. The second-order valence-corrected chi connectivity index (χ2v) is 7.45. The van der Waals surface area contributed by atoms with Crippen LogP contribution in [-0.2, 0) is 0 Å². The van der Waals surface area contributed by atoms with Gasteiger partial charge < -0.3 is 14.6 Å². The van der Waals surface area contributed by atoms with E-state index in [9.17, 15) is 5.11 Å². The smallest absolute Gasteiger partial charge is 0.213 e. The Bertz CT molecular complexity index is 1110. The standard InChI is InChI=1S/C24H22N2O3/c1-15-6-5-7-16(12-15)24-26-21(18-8-3-4-9-23(18)29-24)14-20(25-26)19-13-17(28-2)10-11-22(19)27/h3-13,21,24,27H,14H2,1-2H3/t21-,24+/m1/s1. The number of rotatable bonds is 3. The number of hydrogen-bond acceptors (Lipinski definition) is 5. The van der Waals surface area contributed by atoms with Crippen LogP contribution in [0.5, 0.6) is 17.2 Å². The highest BCUT2D eigenvalue weighted by atomic mass is 16.5. The van der Waals surface area contributed by atoms with Crippen molar-refractivity contribution in [2.45, 2.75) is 25.6 Å². The van der Waals surface area contributed by atoms with Gasteiger partial charge in [0, 0.05) is 23.1 Å². The molecule has 2 aliphatic heterocycles. The van der Waals surface area contributed by atoms with E-state index in [1.165, 1.54) is 5.56 Å². The van der Waals surface area contributed by atoms with E-state index >= 15 is 0 Å². The number of aryl methyl sites for hydroxylation is 1. The maximum absolute atomic E-state index is 10.5. The molecule has 1 N–H and O–H groups in total. The highest BCUT2D eigenvalue weighted by Crippen LogP contribution is 2.48. The molecule has 0 unspecified atom stereocenters.